The number of hydrogen-bond donors (Lipinski definition) is 0. The lowest BCUT2D eigenvalue weighted by Gasteiger charge is -2.18. The molecule has 0 aliphatic carbocycles. The molecule has 0 saturated heterocycles. The Balaban J connectivity index is 4.46. The first-order valence-corrected chi connectivity index (χ1v) is 26.4. The first kappa shape index (κ1) is 61.8. The maximum Gasteiger partial charge on any atom is 0.306 e. The second-order valence-corrected chi connectivity index (χ2v) is 16.6. The van der Waals surface area contributed by atoms with Gasteiger partial charge in [-0.05, 0) is 122 Å². The van der Waals surface area contributed by atoms with Crippen LogP contribution in [0.1, 0.15) is 201 Å². The van der Waals surface area contributed by atoms with E-state index in [4.69, 9.17) is 14.2 Å². The average molecular weight is 909 g/mol. The van der Waals surface area contributed by atoms with Crippen molar-refractivity contribution < 1.29 is 23.8 Å². The molecular formula is C61H96O5. The monoisotopic (exact) mass is 909 g/mol. The highest BCUT2D eigenvalue weighted by molar-refractivity contribution is 5.70. The fourth-order valence-corrected chi connectivity index (χ4v) is 6.58. The van der Waals surface area contributed by atoms with E-state index in [1.54, 1.807) is 0 Å². The molecule has 0 saturated carbocycles. The zero-order valence-electron chi connectivity index (χ0n) is 42.4. The third-order valence-corrected chi connectivity index (χ3v) is 10.4. The summed E-state index contributed by atoms with van der Waals surface area (Å²) in [5.74, 6) is -0.485. The lowest BCUT2D eigenvalue weighted by molar-refractivity contribution is -0.162. The molecule has 0 aromatic rings. The smallest absolute Gasteiger partial charge is 0.306 e. The van der Waals surface area contributed by atoms with Crippen molar-refractivity contribution in [1.29, 1.82) is 0 Å². The maximum absolute atomic E-state index is 12.8. The van der Waals surface area contributed by atoms with E-state index in [2.05, 4.69) is 167 Å². The fraction of sp³-hybridized carbons (Fsp3) is 0.574. The summed E-state index contributed by atoms with van der Waals surface area (Å²) in [4.78, 5) is 25.4. The van der Waals surface area contributed by atoms with E-state index in [1.807, 2.05) is 0 Å². The van der Waals surface area contributed by atoms with Gasteiger partial charge in [-0.25, -0.2) is 0 Å². The predicted octanol–water partition coefficient (Wildman–Crippen LogP) is 18.1. The van der Waals surface area contributed by atoms with E-state index >= 15 is 0 Å². The summed E-state index contributed by atoms with van der Waals surface area (Å²) in [6, 6.07) is 0. The fourth-order valence-electron chi connectivity index (χ4n) is 6.58. The van der Waals surface area contributed by atoms with Crippen molar-refractivity contribution in [3.8, 4) is 0 Å². The average Bonchev–Trinajstić information content (AvgIpc) is 3.32. The van der Waals surface area contributed by atoms with Crippen molar-refractivity contribution in [1.82, 2.24) is 0 Å². The van der Waals surface area contributed by atoms with Crippen LogP contribution in [-0.2, 0) is 23.8 Å². The van der Waals surface area contributed by atoms with Gasteiger partial charge in [-0.2, -0.15) is 0 Å². The summed E-state index contributed by atoms with van der Waals surface area (Å²) in [5, 5.41) is 0. The van der Waals surface area contributed by atoms with E-state index in [0.29, 0.717) is 19.4 Å². The number of esters is 2. The molecule has 0 rings (SSSR count). The standard InChI is InChI=1S/C61H96O5/c1-4-7-10-13-16-19-22-25-28-30-31-32-34-36-39-42-45-48-51-54-60(62)65-58-59(57-64-56-53-50-47-44-41-38-35-29-26-23-20-17-14-11-8-5-2)66-61(63)55-52-49-46-43-40-37-33-27-24-21-18-15-12-9-6-3/h7-12,16-21,25-29,31-33,38,41,47,50,59H,4-6,13-15,22-24,30,34-37,39-40,42-46,48-49,51-58H2,1-3H3/b10-7-,11-8-,12-9-,19-16-,20-17-,21-18-,28-25-,29-26-,32-31-,33-27-,41-38-,50-47-. The molecule has 0 aliphatic rings. The number of carbonyl (C=O) groups excluding carboxylic acids is 2. The maximum atomic E-state index is 12.8. The molecule has 0 fully saturated rings. The highest BCUT2D eigenvalue weighted by Gasteiger charge is 2.17. The number of rotatable bonds is 46. The van der Waals surface area contributed by atoms with Crippen LogP contribution in [0.4, 0.5) is 0 Å². The Morgan fingerprint density at radius 3 is 1.02 bits per heavy atom. The van der Waals surface area contributed by atoms with Crippen LogP contribution in [0, 0.1) is 0 Å². The highest BCUT2D eigenvalue weighted by Crippen LogP contribution is 2.12. The highest BCUT2D eigenvalue weighted by atomic mass is 16.6. The quantitative estimate of drug-likeness (QED) is 0.0346. The molecule has 1 atom stereocenters. The van der Waals surface area contributed by atoms with E-state index < -0.39 is 6.10 Å². The number of carbonyl (C=O) groups is 2. The second kappa shape index (κ2) is 55.1. The van der Waals surface area contributed by atoms with Crippen molar-refractivity contribution in [2.24, 2.45) is 0 Å². The van der Waals surface area contributed by atoms with Crippen LogP contribution < -0.4 is 0 Å². The van der Waals surface area contributed by atoms with Crippen LogP contribution in [0.15, 0.2) is 146 Å². The number of allylic oxidation sites excluding steroid dienone is 23. The van der Waals surface area contributed by atoms with Gasteiger partial charge in [0.1, 0.15) is 6.61 Å². The Bertz CT molecular complexity index is 1450. The zero-order chi connectivity index (χ0) is 47.7. The van der Waals surface area contributed by atoms with Crippen LogP contribution in [-0.4, -0.2) is 37.9 Å². The molecule has 0 heterocycles. The number of hydrogen-bond acceptors (Lipinski definition) is 5. The van der Waals surface area contributed by atoms with Gasteiger partial charge in [0.25, 0.3) is 0 Å². The summed E-state index contributed by atoms with van der Waals surface area (Å²) in [6.45, 7) is 7.22. The number of ether oxygens (including phenoxy) is 3. The molecule has 5 heteroatoms. The Kier molecular flexibility index (Phi) is 51.6. The zero-order valence-corrected chi connectivity index (χ0v) is 42.4. The first-order chi connectivity index (χ1) is 32.6. The van der Waals surface area contributed by atoms with Gasteiger partial charge < -0.3 is 14.2 Å². The van der Waals surface area contributed by atoms with Crippen LogP contribution >= 0.6 is 0 Å². The van der Waals surface area contributed by atoms with Crippen LogP contribution in [0.2, 0.25) is 0 Å². The molecule has 0 N–H and O–H groups in total. The van der Waals surface area contributed by atoms with Crippen molar-refractivity contribution in [2.75, 3.05) is 19.8 Å². The molecule has 66 heavy (non-hydrogen) atoms. The van der Waals surface area contributed by atoms with Crippen LogP contribution in [0.3, 0.4) is 0 Å². The molecule has 0 bridgehead atoms. The van der Waals surface area contributed by atoms with Crippen molar-refractivity contribution in [3.05, 3.63) is 146 Å². The molecule has 0 aromatic heterocycles. The van der Waals surface area contributed by atoms with Gasteiger partial charge in [-0.3, -0.25) is 9.59 Å². The van der Waals surface area contributed by atoms with E-state index in [1.165, 1.54) is 25.7 Å². The Morgan fingerprint density at radius 1 is 0.333 bits per heavy atom. The van der Waals surface area contributed by atoms with Crippen LogP contribution in [0.5, 0.6) is 0 Å². The Morgan fingerprint density at radius 2 is 0.636 bits per heavy atom. The summed E-state index contributed by atoms with van der Waals surface area (Å²) in [5.41, 5.74) is 0. The van der Waals surface area contributed by atoms with Gasteiger partial charge in [-0.15, -0.1) is 0 Å². The Labute approximate surface area is 406 Å². The Hall–Kier alpha value is -4.22. The molecule has 0 amide bonds. The molecule has 0 aromatic carbocycles. The van der Waals surface area contributed by atoms with Crippen molar-refractivity contribution in [3.63, 3.8) is 0 Å². The lowest BCUT2D eigenvalue weighted by atomic mass is 10.1. The minimum atomic E-state index is -0.602. The van der Waals surface area contributed by atoms with E-state index in [0.717, 1.165) is 141 Å². The van der Waals surface area contributed by atoms with Gasteiger partial charge in [0, 0.05) is 12.8 Å². The minimum Gasteiger partial charge on any atom is -0.462 e. The molecule has 0 radical (unpaired) electrons. The third kappa shape index (κ3) is 52.4. The summed E-state index contributed by atoms with van der Waals surface area (Å²) >= 11 is 0. The summed E-state index contributed by atoms with van der Waals surface area (Å²) < 4.78 is 17.3. The minimum absolute atomic E-state index is 0.0305. The molecule has 5 nitrogen and oxygen atoms in total. The molecule has 0 aliphatic heterocycles. The van der Waals surface area contributed by atoms with Crippen molar-refractivity contribution >= 4 is 11.9 Å². The molecule has 0 spiro atoms. The molecular weight excluding hydrogens is 813 g/mol. The second-order valence-electron chi connectivity index (χ2n) is 16.6. The largest absolute Gasteiger partial charge is 0.462 e. The topological polar surface area (TPSA) is 61.8 Å². The lowest BCUT2D eigenvalue weighted by Crippen LogP contribution is -2.30. The normalized spacial score (nSPS) is 13.4. The van der Waals surface area contributed by atoms with Gasteiger partial charge in [0.05, 0.1) is 13.2 Å². The molecule has 370 valence electrons. The van der Waals surface area contributed by atoms with Gasteiger partial charge in [-0.1, -0.05) is 212 Å². The van der Waals surface area contributed by atoms with Gasteiger partial charge in [0.2, 0.25) is 0 Å². The summed E-state index contributed by atoms with van der Waals surface area (Å²) in [6.07, 6.45) is 80.2. The van der Waals surface area contributed by atoms with Crippen LogP contribution in [0.25, 0.3) is 0 Å². The van der Waals surface area contributed by atoms with Gasteiger partial charge >= 0.3 is 11.9 Å². The summed E-state index contributed by atoms with van der Waals surface area (Å²) in [7, 11) is 0. The predicted molar refractivity (Wildman–Crippen MR) is 288 cm³/mol. The van der Waals surface area contributed by atoms with Crippen molar-refractivity contribution in [2.45, 2.75) is 207 Å². The first-order valence-electron chi connectivity index (χ1n) is 26.4. The van der Waals surface area contributed by atoms with E-state index in [-0.39, 0.29) is 25.2 Å². The van der Waals surface area contributed by atoms with Gasteiger partial charge in [0.15, 0.2) is 6.10 Å². The number of unbranched alkanes of at least 4 members (excludes halogenated alkanes) is 11. The molecule has 1 unspecified atom stereocenters. The SMILES string of the molecule is CC/C=C\C/C=C\C/C=C\C/C=C\C/C=C\CCOCC(COC(=O)CCCCCCCC/C=C\C/C=C\C/C=C\C/C=C\CC)OC(=O)CCCCCCC/C=C\C/C=C\C/C=C\CC. The third-order valence-electron chi connectivity index (χ3n) is 10.4. The van der Waals surface area contributed by atoms with E-state index in [9.17, 15) is 9.59 Å².